The minimum atomic E-state index is -1.17. The van der Waals surface area contributed by atoms with E-state index in [0.29, 0.717) is 11.1 Å². The van der Waals surface area contributed by atoms with Gasteiger partial charge in [0.05, 0.1) is 27.4 Å². The SMILES string of the molecule is CCc1ccc(-c2[nH]nc3nc(-c4cc(F)c(O)c(Cl)c4)cc(C(=O)O)c23)cc1. The Morgan fingerprint density at radius 1 is 1.17 bits per heavy atom. The van der Waals surface area contributed by atoms with Gasteiger partial charge in [0, 0.05) is 11.1 Å². The number of aryl methyl sites for hydroxylation is 1. The molecule has 0 aliphatic carbocycles. The number of nitrogens with one attached hydrogen (secondary N) is 1. The standard InChI is InChI=1S/C21H15ClFN3O3/c1-2-10-3-5-11(6-4-10)18-17-13(21(28)29)9-16(24-20(17)26-25-18)12-7-14(22)19(27)15(23)8-12/h3-9,27H,2H2,1H3,(H,28,29)(H,24,25,26). The van der Waals surface area contributed by atoms with Gasteiger partial charge in [-0.1, -0.05) is 42.8 Å². The Labute approximate surface area is 169 Å². The van der Waals surface area contributed by atoms with Gasteiger partial charge in [-0.25, -0.2) is 14.2 Å². The summed E-state index contributed by atoms with van der Waals surface area (Å²) in [6.07, 6.45) is 0.890. The molecule has 0 unspecified atom stereocenters. The summed E-state index contributed by atoms with van der Waals surface area (Å²) in [5, 5.41) is 26.5. The molecule has 0 aliphatic rings. The van der Waals surface area contributed by atoms with Crippen LogP contribution >= 0.6 is 11.6 Å². The Hall–Kier alpha value is -3.45. The van der Waals surface area contributed by atoms with Gasteiger partial charge in [0.15, 0.2) is 17.2 Å². The first kappa shape index (κ1) is 18.9. The Bertz CT molecular complexity index is 1230. The molecule has 0 spiro atoms. The van der Waals surface area contributed by atoms with Crippen LogP contribution in [0.5, 0.6) is 5.75 Å². The second-order valence-corrected chi connectivity index (χ2v) is 6.90. The predicted octanol–water partition coefficient (Wildman–Crippen LogP) is 5.05. The van der Waals surface area contributed by atoms with Crippen molar-refractivity contribution in [2.45, 2.75) is 13.3 Å². The fraction of sp³-hybridized carbons (Fsp3) is 0.0952. The van der Waals surface area contributed by atoms with Crippen LogP contribution in [0.15, 0.2) is 42.5 Å². The van der Waals surface area contributed by atoms with E-state index in [0.717, 1.165) is 23.6 Å². The van der Waals surface area contributed by atoms with Crippen LogP contribution in [-0.4, -0.2) is 31.4 Å². The quantitative estimate of drug-likeness (QED) is 0.436. The minimum absolute atomic E-state index is 0.0297. The number of phenolic OH excluding ortho intramolecular Hbond substituents is 1. The topological polar surface area (TPSA) is 99.1 Å². The van der Waals surface area contributed by atoms with Crippen LogP contribution in [0.25, 0.3) is 33.5 Å². The van der Waals surface area contributed by atoms with Crippen molar-refractivity contribution in [1.82, 2.24) is 15.2 Å². The number of pyridine rings is 1. The number of rotatable bonds is 4. The number of aromatic nitrogens is 3. The van der Waals surface area contributed by atoms with Crippen molar-refractivity contribution >= 4 is 28.6 Å². The number of aromatic hydroxyl groups is 1. The van der Waals surface area contributed by atoms with Gasteiger partial charge in [0.1, 0.15) is 0 Å². The fourth-order valence-corrected chi connectivity index (χ4v) is 3.38. The van der Waals surface area contributed by atoms with Gasteiger partial charge in [-0.3, -0.25) is 5.10 Å². The zero-order chi connectivity index (χ0) is 20.7. The van der Waals surface area contributed by atoms with E-state index in [9.17, 15) is 19.4 Å². The molecule has 0 atom stereocenters. The Morgan fingerprint density at radius 2 is 1.90 bits per heavy atom. The monoisotopic (exact) mass is 411 g/mol. The normalized spacial score (nSPS) is 11.1. The molecular formula is C21H15ClFN3O3. The Morgan fingerprint density at radius 3 is 2.52 bits per heavy atom. The van der Waals surface area contributed by atoms with Crippen LogP contribution in [0, 0.1) is 5.82 Å². The van der Waals surface area contributed by atoms with Crippen molar-refractivity contribution in [3.05, 3.63) is 64.4 Å². The summed E-state index contributed by atoms with van der Waals surface area (Å²) in [7, 11) is 0. The second-order valence-electron chi connectivity index (χ2n) is 6.50. The number of fused-ring (bicyclic) bond motifs is 1. The van der Waals surface area contributed by atoms with E-state index < -0.39 is 17.5 Å². The Kier molecular flexibility index (Phi) is 4.68. The highest BCUT2D eigenvalue weighted by Crippen LogP contribution is 2.35. The molecule has 29 heavy (non-hydrogen) atoms. The maximum atomic E-state index is 13.9. The number of carbonyl (C=O) groups is 1. The van der Waals surface area contributed by atoms with Gasteiger partial charge >= 0.3 is 5.97 Å². The third-order valence-electron chi connectivity index (χ3n) is 4.72. The summed E-state index contributed by atoms with van der Waals surface area (Å²) >= 11 is 5.84. The van der Waals surface area contributed by atoms with Gasteiger partial charge in [-0.15, -0.1) is 0 Å². The highest BCUT2D eigenvalue weighted by Gasteiger charge is 2.20. The van der Waals surface area contributed by atoms with Crippen molar-refractivity contribution in [3.8, 4) is 28.3 Å². The van der Waals surface area contributed by atoms with Crippen molar-refractivity contribution in [2.75, 3.05) is 0 Å². The molecule has 3 N–H and O–H groups in total. The maximum Gasteiger partial charge on any atom is 0.336 e. The van der Waals surface area contributed by atoms with E-state index in [1.807, 2.05) is 31.2 Å². The van der Waals surface area contributed by atoms with Crippen LogP contribution in [-0.2, 0) is 6.42 Å². The average molecular weight is 412 g/mol. The molecule has 6 nitrogen and oxygen atoms in total. The maximum absolute atomic E-state index is 13.9. The van der Waals surface area contributed by atoms with Gasteiger partial charge in [-0.2, -0.15) is 5.10 Å². The highest BCUT2D eigenvalue weighted by molar-refractivity contribution is 6.32. The number of aromatic amines is 1. The van der Waals surface area contributed by atoms with Crippen molar-refractivity contribution in [1.29, 1.82) is 0 Å². The molecule has 2 aromatic heterocycles. The summed E-state index contributed by atoms with van der Waals surface area (Å²) in [6.45, 7) is 2.05. The first-order valence-electron chi connectivity index (χ1n) is 8.79. The smallest absolute Gasteiger partial charge is 0.336 e. The number of nitrogens with zero attached hydrogens (tertiary/aromatic N) is 2. The molecule has 4 rings (SSSR count). The molecule has 0 fully saturated rings. The number of carboxylic acid groups (broad SMARTS) is 1. The lowest BCUT2D eigenvalue weighted by molar-refractivity contribution is 0.0699. The number of phenols is 1. The summed E-state index contributed by atoms with van der Waals surface area (Å²) < 4.78 is 13.9. The van der Waals surface area contributed by atoms with Crippen molar-refractivity contribution in [3.63, 3.8) is 0 Å². The molecule has 8 heteroatoms. The van der Waals surface area contributed by atoms with Crippen LogP contribution in [0.1, 0.15) is 22.8 Å². The van der Waals surface area contributed by atoms with E-state index in [4.69, 9.17) is 11.6 Å². The number of carboxylic acids is 1. The molecule has 0 radical (unpaired) electrons. The van der Waals surface area contributed by atoms with Gasteiger partial charge in [-0.05, 0) is 30.2 Å². The third kappa shape index (κ3) is 3.30. The molecule has 146 valence electrons. The molecule has 0 aliphatic heterocycles. The summed E-state index contributed by atoms with van der Waals surface area (Å²) in [6, 6.07) is 11.4. The van der Waals surface area contributed by atoms with E-state index in [2.05, 4.69) is 15.2 Å². The average Bonchev–Trinajstić information content (AvgIpc) is 3.14. The summed E-state index contributed by atoms with van der Waals surface area (Å²) in [5.74, 6) is -2.77. The van der Waals surface area contributed by atoms with E-state index in [-0.39, 0.29) is 27.5 Å². The summed E-state index contributed by atoms with van der Waals surface area (Å²) in [5.41, 5.74) is 3.02. The van der Waals surface area contributed by atoms with Gasteiger partial charge < -0.3 is 10.2 Å². The van der Waals surface area contributed by atoms with Crippen LogP contribution in [0.2, 0.25) is 5.02 Å². The van der Waals surface area contributed by atoms with Crippen LogP contribution in [0.4, 0.5) is 4.39 Å². The molecule has 0 saturated carbocycles. The Balaban J connectivity index is 1.93. The summed E-state index contributed by atoms with van der Waals surface area (Å²) in [4.78, 5) is 16.3. The lowest BCUT2D eigenvalue weighted by atomic mass is 10.0. The number of hydrogen-bond donors (Lipinski definition) is 3. The molecule has 2 aromatic carbocycles. The molecule has 0 bridgehead atoms. The van der Waals surface area contributed by atoms with E-state index in [1.165, 1.54) is 12.1 Å². The molecular weight excluding hydrogens is 397 g/mol. The first-order valence-corrected chi connectivity index (χ1v) is 9.17. The van der Waals surface area contributed by atoms with Crippen molar-refractivity contribution < 1.29 is 19.4 Å². The number of halogens is 2. The minimum Gasteiger partial charge on any atom is -0.504 e. The van der Waals surface area contributed by atoms with Gasteiger partial charge in [0.2, 0.25) is 0 Å². The van der Waals surface area contributed by atoms with Crippen LogP contribution < -0.4 is 0 Å². The highest BCUT2D eigenvalue weighted by atomic mass is 35.5. The lowest BCUT2D eigenvalue weighted by Gasteiger charge is -2.07. The van der Waals surface area contributed by atoms with Crippen molar-refractivity contribution in [2.24, 2.45) is 0 Å². The largest absolute Gasteiger partial charge is 0.504 e. The van der Waals surface area contributed by atoms with Crippen LogP contribution in [0.3, 0.4) is 0 Å². The first-order chi connectivity index (χ1) is 13.9. The van der Waals surface area contributed by atoms with Gasteiger partial charge in [0.25, 0.3) is 0 Å². The number of benzene rings is 2. The molecule has 2 heterocycles. The second kappa shape index (κ2) is 7.18. The number of hydrogen-bond acceptors (Lipinski definition) is 4. The zero-order valence-corrected chi connectivity index (χ0v) is 16.0. The number of H-pyrrole nitrogens is 1. The predicted molar refractivity (Wildman–Crippen MR) is 108 cm³/mol. The lowest BCUT2D eigenvalue weighted by Crippen LogP contribution is -2.00. The zero-order valence-electron chi connectivity index (χ0n) is 15.2. The van der Waals surface area contributed by atoms with E-state index >= 15 is 0 Å². The molecule has 4 aromatic rings. The molecule has 0 amide bonds. The fourth-order valence-electron chi connectivity index (χ4n) is 3.17. The van der Waals surface area contributed by atoms with E-state index in [1.54, 1.807) is 0 Å². The third-order valence-corrected chi connectivity index (χ3v) is 5.01. The molecule has 0 saturated heterocycles. The number of aromatic carboxylic acids is 1.